The molecule has 0 aliphatic carbocycles. The molecule has 1 heterocycles. The highest BCUT2D eigenvalue weighted by atomic mass is 32.2. The van der Waals surface area contributed by atoms with Gasteiger partial charge in [-0.25, -0.2) is 4.98 Å². The lowest BCUT2D eigenvalue weighted by molar-refractivity contribution is -0.384. The van der Waals surface area contributed by atoms with Crippen LogP contribution in [0.5, 0.6) is 0 Å². The lowest BCUT2D eigenvalue weighted by atomic mass is 10.1. The number of imidazole rings is 1. The van der Waals surface area contributed by atoms with Crippen LogP contribution in [-0.4, -0.2) is 14.5 Å². The fourth-order valence-electron chi connectivity index (χ4n) is 3.08. The summed E-state index contributed by atoms with van der Waals surface area (Å²) in [5.41, 5.74) is 5.02. The number of aryl methyl sites for hydroxylation is 1. The molecule has 0 fully saturated rings. The maximum absolute atomic E-state index is 11.2. The molecule has 0 atom stereocenters. The fourth-order valence-corrected chi connectivity index (χ4v) is 4.03. The molecule has 29 heavy (non-hydrogen) atoms. The Morgan fingerprint density at radius 1 is 1.00 bits per heavy atom. The summed E-state index contributed by atoms with van der Waals surface area (Å²) < 4.78 is 2.06. The predicted octanol–water partition coefficient (Wildman–Crippen LogP) is 6.05. The van der Waals surface area contributed by atoms with Gasteiger partial charge in [0.15, 0.2) is 5.16 Å². The molecule has 0 aliphatic heterocycles. The highest BCUT2D eigenvalue weighted by Gasteiger charge is 2.16. The first-order chi connectivity index (χ1) is 14.1. The molecule has 5 nitrogen and oxygen atoms in total. The van der Waals surface area contributed by atoms with Crippen molar-refractivity contribution in [2.24, 2.45) is 0 Å². The van der Waals surface area contributed by atoms with Crippen LogP contribution in [0.2, 0.25) is 0 Å². The lowest BCUT2D eigenvalue weighted by Crippen LogP contribution is -2.00. The largest absolute Gasteiger partial charge is 0.287 e. The van der Waals surface area contributed by atoms with Gasteiger partial charge in [-0.05, 0) is 24.6 Å². The van der Waals surface area contributed by atoms with Crippen molar-refractivity contribution < 1.29 is 4.92 Å². The van der Waals surface area contributed by atoms with Crippen LogP contribution in [0.1, 0.15) is 11.1 Å². The number of nitro benzene ring substituents is 1. The van der Waals surface area contributed by atoms with E-state index in [1.165, 1.54) is 17.2 Å². The number of nitrogens with zero attached hydrogens (tertiary/aromatic N) is 3. The molecule has 0 radical (unpaired) electrons. The number of hydrogen-bond donors (Lipinski definition) is 0. The maximum Gasteiger partial charge on any atom is 0.270 e. The van der Waals surface area contributed by atoms with Crippen molar-refractivity contribution in [3.8, 4) is 16.9 Å². The van der Waals surface area contributed by atoms with Crippen LogP contribution in [0.4, 0.5) is 5.69 Å². The van der Waals surface area contributed by atoms with Crippen molar-refractivity contribution in [3.05, 3.63) is 106 Å². The molecule has 0 unspecified atom stereocenters. The van der Waals surface area contributed by atoms with Crippen molar-refractivity contribution in [1.29, 1.82) is 0 Å². The molecule has 0 aliphatic rings. The van der Waals surface area contributed by atoms with Crippen molar-refractivity contribution in [2.45, 2.75) is 17.8 Å². The zero-order chi connectivity index (χ0) is 20.2. The Morgan fingerprint density at radius 2 is 1.76 bits per heavy atom. The molecular weight excluding hydrogens is 382 g/mol. The fraction of sp³-hybridized carbons (Fsp3) is 0.0870. The molecule has 144 valence electrons. The second-order valence-electron chi connectivity index (χ2n) is 6.68. The van der Waals surface area contributed by atoms with Gasteiger partial charge >= 0.3 is 0 Å². The van der Waals surface area contributed by atoms with E-state index in [4.69, 9.17) is 0 Å². The van der Waals surface area contributed by atoms with E-state index < -0.39 is 0 Å². The molecule has 1 aromatic heterocycles. The van der Waals surface area contributed by atoms with E-state index in [0.717, 1.165) is 27.9 Å². The molecule has 4 rings (SSSR count). The maximum atomic E-state index is 11.2. The Labute approximate surface area is 173 Å². The van der Waals surface area contributed by atoms with Gasteiger partial charge in [-0.1, -0.05) is 71.9 Å². The van der Waals surface area contributed by atoms with Gasteiger partial charge in [-0.15, -0.1) is 0 Å². The summed E-state index contributed by atoms with van der Waals surface area (Å²) in [6.07, 6.45) is 1.78. The number of benzene rings is 3. The Morgan fingerprint density at radius 3 is 2.48 bits per heavy atom. The van der Waals surface area contributed by atoms with Crippen molar-refractivity contribution in [1.82, 2.24) is 9.55 Å². The molecule has 4 aromatic rings. The standard InChI is InChI=1S/C23H19N3O2S/c1-17-10-12-20(13-11-17)25-22(19-8-5-9-21(14-19)26(27)28)15-24-23(25)29-16-18-6-3-2-4-7-18/h2-15H,16H2,1H3. The highest BCUT2D eigenvalue weighted by molar-refractivity contribution is 7.98. The van der Waals surface area contributed by atoms with E-state index in [2.05, 4.69) is 33.8 Å². The molecule has 3 aromatic carbocycles. The Hall–Kier alpha value is -3.38. The molecule has 6 heteroatoms. The Balaban J connectivity index is 1.77. The van der Waals surface area contributed by atoms with Gasteiger partial charge in [0.1, 0.15) is 0 Å². The first-order valence-electron chi connectivity index (χ1n) is 9.18. The molecule has 0 saturated carbocycles. The summed E-state index contributed by atoms with van der Waals surface area (Å²) in [4.78, 5) is 15.5. The van der Waals surface area contributed by atoms with Gasteiger partial charge in [-0.3, -0.25) is 14.7 Å². The monoisotopic (exact) mass is 401 g/mol. The minimum absolute atomic E-state index is 0.0673. The highest BCUT2D eigenvalue weighted by Crippen LogP contribution is 2.32. The molecule has 0 amide bonds. The quantitative estimate of drug-likeness (QED) is 0.224. The van der Waals surface area contributed by atoms with Crippen LogP contribution in [0.3, 0.4) is 0 Å². The number of hydrogen-bond acceptors (Lipinski definition) is 4. The van der Waals surface area contributed by atoms with Crippen LogP contribution < -0.4 is 0 Å². The van der Waals surface area contributed by atoms with E-state index >= 15 is 0 Å². The van der Waals surface area contributed by atoms with Gasteiger partial charge in [0.25, 0.3) is 5.69 Å². The summed E-state index contributed by atoms with van der Waals surface area (Å²) in [6, 6.07) is 25.1. The second-order valence-corrected chi connectivity index (χ2v) is 7.62. The van der Waals surface area contributed by atoms with Gasteiger partial charge in [0.05, 0.1) is 16.8 Å². The Kier molecular flexibility index (Phi) is 5.44. The van der Waals surface area contributed by atoms with Crippen LogP contribution >= 0.6 is 11.8 Å². The Bertz CT molecular complexity index is 1140. The summed E-state index contributed by atoms with van der Waals surface area (Å²) in [6.45, 7) is 2.05. The van der Waals surface area contributed by atoms with E-state index in [0.29, 0.717) is 0 Å². The van der Waals surface area contributed by atoms with Crippen LogP contribution in [0.15, 0.2) is 90.2 Å². The number of thioether (sulfide) groups is 1. The SMILES string of the molecule is Cc1ccc(-n2c(-c3cccc([N+](=O)[O-])c3)cnc2SCc2ccccc2)cc1. The number of rotatable bonds is 6. The van der Waals surface area contributed by atoms with E-state index in [-0.39, 0.29) is 10.6 Å². The van der Waals surface area contributed by atoms with E-state index in [9.17, 15) is 10.1 Å². The number of non-ortho nitro benzene ring substituents is 1. The zero-order valence-electron chi connectivity index (χ0n) is 15.9. The van der Waals surface area contributed by atoms with Gasteiger partial charge in [-0.2, -0.15) is 0 Å². The third kappa shape index (κ3) is 4.22. The predicted molar refractivity (Wildman–Crippen MR) is 116 cm³/mol. The lowest BCUT2D eigenvalue weighted by Gasteiger charge is -2.12. The summed E-state index contributed by atoms with van der Waals surface area (Å²) >= 11 is 1.64. The first-order valence-corrected chi connectivity index (χ1v) is 10.2. The van der Waals surface area contributed by atoms with Gasteiger partial charge < -0.3 is 0 Å². The van der Waals surface area contributed by atoms with Crippen molar-refractivity contribution in [2.75, 3.05) is 0 Å². The minimum atomic E-state index is -0.374. The van der Waals surface area contributed by atoms with Crippen LogP contribution in [0, 0.1) is 17.0 Å². The molecule has 0 N–H and O–H groups in total. The molecular formula is C23H19N3O2S. The second kappa shape index (κ2) is 8.32. The van der Waals surface area contributed by atoms with E-state index in [1.54, 1.807) is 30.1 Å². The van der Waals surface area contributed by atoms with Crippen LogP contribution in [0.25, 0.3) is 16.9 Å². The average Bonchev–Trinajstić information content (AvgIpc) is 3.17. The van der Waals surface area contributed by atoms with Crippen molar-refractivity contribution in [3.63, 3.8) is 0 Å². The minimum Gasteiger partial charge on any atom is -0.287 e. The summed E-state index contributed by atoms with van der Waals surface area (Å²) in [7, 11) is 0. The third-order valence-corrected chi connectivity index (χ3v) is 5.61. The van der Waals surface area contributed by atoms with E-state index in [1.807, 2.05) is 43.3 Å². The number of aromatic nitrogens is 2. The van der Waals surface area contributed by atoms with Gasteiger partial charge in [0.2, 0.25) is 0 Å². The average molecular weight is 401 g/mol. The smallest absolute Gasteiger partial charge is 0.270 e. The third-order valence-electron chi connectivity index (χ3n) is 4.59. The zero-order valence-corrected chi connectivity index (χ0v) is 16.7. The summed E-state index contributed by atoms with van der Waals surface area (Å²) in [5, 5.41) is 12.1. The van der Waals surface area contributed by atoms with Gasteiger partial charge in [0, 0.05) is 29.1 Å². The van der Waals surface area contributed by atoms with Crippen LogP contribution in [-0.2, 0) is 5.75 Å². The molecule has 0 bridgehead atoms. The summed E-state index contributed by atoms with van der Waals surface area (Å²) in [5.74, 6) is 0.790. The number of nitro groups is 1. The molecule has 0 saturated heterocycles. The molecule has 0 spiro atoms. The van der Waals surface area contributed by atoms with Crippen molar-refractivity contribution >= 4 is 17.4 Å². The first kappa shape index (κ1) is 19.0. The normalized spacial score (nSPS) is 10.8. The topological polar surface area (TPSA) is 61.0 Å².